The average molecular weight is 270 g/mol. The molecule has 5 nitrogen and oxygen atoms in total. The van der Waals surface area contributed by atoms with Crippen molar-refractivity contribution in [3.8, 4) is 0 Å². The molecule has 1 aliphatic carbocycles. The molecular weight excluding hydrogens is 244 g/mol. The summed E-state index contributed by atoms with van der Waals surface area (Å²) >= 11 is 0. The van der Waals surface area contributed by atoms with Gasteiger partial charge >= 0.3 is 0 Å². The fraction of sp³-hybridized carbons (Fsp3) is 0.929. The Bertz CT molecular complexity index is 314. The average Bonchev–Trinajstić information content (AvgIpc) is 2.37. The maximum absolute atomic E-state index is 12.6. The van der Waals surface area contributed by atoms with Crippen molar-refractivity contribution in [2.75, 3.05) is 19.8 Å². The Balaban J connectivity index is 2.00. The summed E-state index contributed by atoms with van der Waals surface area (Å²) in [7, 11) is 0. The smallest absolute Gasteiger partial charge is 0.226 e. The third kappa shape index (κ3) is 3.46. The van der Waals surface area contributed by atoms with Gasteiger partial charge in [0.1, 0.15) is 0 Å². The van der Waals surface area contributed by atoms with Crippen LogP contribution in [0.2, 0.25) is 0 Å². The summed E-state index contributed by atoms with van der Waals surface area (Å²) in [5, 5.41) is 9.19. The Morgan fingerprint density at radius 1 is 1.37 bits per heavy atom. The number of nitrogens with zero attached hydrogens (tertiary/aromatic N) is 1. The summed E-state index contributed by atoms with van der Waals surface area (Å²) < 4.78 is 5.48. The Kier molecular flexibility index (Phi) is 4.81. The summed E-state index contributed by atoms with van der Waals surface area (Å²) in [5.74, 6) is 0.748. The third-order valence-electron chi connectivity index (χ3n) is 4.32. The number of morpholine rings is 1. The molecule has 3 N–H and O–H groups in total. The molecule has 1 heterocycles. The molecule has 110 valence electrons. The molecule has 1 amide bonds. The van der Waals surface area contributed by atoms with Crippen LogP contribution in [0.15, 0.2) is 0 Å². The summed E-state index contributed by atoms with van der Waals surface area (Å²) in [6.45, 7) is 5.13. The minimum atomic E-state index is -0.241. The van der Waals surface area contributed by atoms with Gasteiger partial charge in [-0.15, -0.1) is 0 Å². The molecule has 0 aromatic heterocycles. The van der Waals surface area contributed by atoms with Gasteiger partial charge in [-0.3, -0.25) is 4.79 Å². The Morgan fingerprint density at radius 3 is 2.74 bits per heavy atom. The maximum Gasteiger partial charge on any atom is 0.226 e. The number of carbonyl (C=O) groups excluding carboxylic acids is 1. The summed E-state index contributed by atoms with van der Waals surface area (Å²) in [5.41, 5.74) is 6.04. The van der Waals surface area contributed by atoms with Gasteiger partial charge in [-0.05, 0) is 32.1 Å². The largest absolute Gasteiger partial charge is 0.394 e. The van der Waals surface area contributed by atoms with Crippen molar-refractivity contribution in [2.24, 2.45) is 17.6 Å². The van der Waals surface area contributed by atoms with Gasteiger partial charge in [0.15, 0.2) is 0 Å². The molecule has 2 aliphatic rings. The number of hydrogen-bond acceptors (Lipinski definition) is 4. The predicted molar refractivity (Wildman–Crippen MR) is 72.5 cm³/mol. The van der Waals surface area contributed by atoms with E-state index in [1.807, 2.05) is 11.8 Å². The monoisotopic (exact) mass is 270 g/mol. The van der Waals surface area contributed by atoms with Crippen LogP contribution in [0, 0.1) is 11.8 Å². The molecule has 2 rings (SSSR count). The van der Waals surface area contributed by atoms with Crippen LogP contribution in [0.4, 0.5) is 0 Å². The fourth-order valence-electron chi connectivity index (χ4n) is 3.33. The van der Waals surface area contributed by atoms with E-state index in [1.165, 1.54) is 0 Å². The Hall–Kier alpha value is -0.650. The SMILES string of the molecule is CC1CC(N)CC(C(=O)N2CC(CO)OCC2C)C1. The summed E-state index contributed by atoms with van der Waals surface area (Å²) in [4.78, 5) is 14.5. The molecule has 5 atom stereocenters. The second-order valence-corrected chi connectivity index (χ2v) is 6.25. The number of aliphatic hydroxyl groups excluding tert-OH is 1. The normalized spacial score (nSPS) is 40.2. The maximum atomic E-state index is 12.6. The number of carbonyl (C=O) groups is 1. The minimum absolute atomic E-state index is 0.0307. The first kappa shape index (κ1) is 14.8. The van der Waals surface area contributed by atoms with E-state index < -0.39 is 0 Å². The van der Waals surface area contributed by atoms with Crippen molar-refractivity contribution in [3.63, 3.8) is 0 Å². The zero-order valence-corrected chi connectivity index (χ0v) is 11.9. The lowest BCUT2D eigenvalue weighted by Crippen LogP contribution is -2.54. The molecule has 5 unspecified atom stereocenters. The van der Waals surface area contributed by atoms with Crippen LogP contribution >= 0.6 is 0 Å². The zero-order valence-electron chi connectivity index (χ0n) is 11.9. The molecule has 2 fully saturated rings. The molecule has 0 spiro atoms. The van der Waals surface area contributed by atoms with E-state index in [2.05, 4.69) is 6.92 Å². The fourth-order valence-corrected chi connectivity index (χ4v) is 3.33. The minimum Gasteiger partial charge on any atom is -0.394 e. The van der Waals surface area contributed by atoms with E-state index in [0.29, 0.717) is 19.1 Å². The van der Waals surface area contributed by atoms with Gasteiger partial charge in [-0.2, -0.15) is 0 Å². The molecular formula is C14H26N2O3. The van der Waals surface area contributed by atoms with Gasteiger partial charge in [0.25, 0.3) is 0 Å². The van der Waals surface area contributed by atoms with E-state index in [9.17, 15) is 9.90 Å². The highest BCUT2D eigenvalue weighted by molar-refractivity contribution is 5.79. The first-order chi connectivity index (χ1) is 9.01. The van der Waals surface area contributed by atoms with Gasteiger partial charge in [0, 0.05) is 18.5 Å². The van der Waals surface area contributed by atoms with Crippen LogP contribution in [0.5, 0.6) is 0 Å². The highest BCUT2D eigenvalue weighted by Gasteiger charge is 2.36. The van der Waals surface area contributed by atoms with Crippen molar-refractivity contribution in [2.45, 2.75) is 51.3 Å². The van der Waals surface area contributed by atoms with Gasteiger partial charge in [0.2, 0.25) is 5.91 Å². The number of hydrogen-bond donors (Lipinski definition) is 2. The van der Waals surface area contributed by atoms with Crippen LogP contribution in [0.3, 0.4) is 0 Å². The number of ether oxygens (including phenoxy) is 1. The summed E-state index contributed by atoms with van der Waals surface area (Å²) in [6, 6.07) is 0.228. The quantitative estimate of drug-likeness (QED) is 0.759. The number of rotatable bonds is 2. The standard InChI is InChI=1S/C14H26N2O3/c1-9-3-11(5-12(15)4-9)14(18)16-6-13(7-17)19-8-10(16)2/h9-13,17H,3-8,15H2,1-2H3. The van der Waals surface area contributed by atoms with Crippen molar-refractivity contribution in [3.05, 3.63) is 0 Å². The molecule has 1 saturated heterocycles. The molecule has 1 saturated carbocycles. The van der Waals surface area contributed by atoms with Crippen molar-refractivity contribution in [1.29, 1.82) is 0 Å². The Morgan fingerprint density at radius 2 is 2.11 bits per heavy atom. The second kappa shape index (κ2) is 6.20. The lowest BCUT2D eigenvalue weighted by Gasteiger charge is -2.41. The van der Waals surface area contributed by atoms with Crippen LogP contribution in [-0.2, 0) is 9.53 Å². The zero-order chi connectivity index (χ0) is 14.0. The van der Waals surface area contributed by atoms with Crippen molar-refractivity contribution >= 4 is 5.91 Å². The van der Waals surface area contributed by atoms with E-state index in [4.69, 9.17) is 10.5 Å². The van der Waals surface area contributed by atoms with Gasteiger partial charge in [0.05, 0.1) is 25.4 Å². The van der Waals surface area contributed by atoms with Gasteiger partial charge in [-0.1, -0.05) is 6.92 Å². The van der Waals surface area contributed by atoms with Gasteiger partial charge in [-0.25, -0.2) is 0 Å². The lowest BCUT2D eigenvalue weighted by atomic mass is 9.79. The molecule has 0 radical (unpaired) electrons. The van der Waals surface area contributed by atoms with E-state index in [1.54, 1.807) is 0 Å². The first-order valence-corrected chi connectivity index (χ1v) is 7.29. The molecule has 0 aromatic carbocycles. The Labute approximate surface area is 115 Å². The first-order valence-electron chi connectivity index (χ1n) is 7.29. The third-order valence-corrected chi connectivity index (χ3v) is 4.32. The van der Waals surface area contributed by atoms with E-state index >= 15 is 0 Å². The van der Waals surface area contributed by atoms with Gasteiger partial charge < -0.3 is 20.5 Å². The topological polar surface area (TPSA) is 75.8 Å². The predicted octanol–water partition coefficient (Wildman–Crippen LogP) is 0.358. The highest BCUT2D eigenvalue weighted by atomic mass is 16.5. The van der Waals surface area contributed by atoms with Crippen LogP contribution in [-0.4, -0.2) is 53.9 Å². The van der Waals surface area contributed by atoms with Crippen molar-refractivity contribution < 1.29 is 14.6 Å². The van der Waals surface area contributed by atoms with Crippen molar-refractivity contribution in [1.82, 2.24) is 4.90 Å². The summed E-state index contributed by atoms with van der Waals surface area (Å²) in [6.07, 6.45) is 2.49. The molecule has 1 aliphatic heterocycles. The number of aliphatic hydroxyl groups is 1. The van der Waals surface area contributed by atoms with Crippen LogP contribution < -0.4 is 5.73 Å². The molecule has 19 heavy (non-hydrogen) atoms. The number of amides is 1. The number of nitrogens with two attached hydrogens (primary N) is 1. The molecule has 5 heteroatoms. The van der Waals surface area contributed by atoms with E-state index in [0.717, 1.165) is 19.3 Å². The molecule has 0 bridgehead atoms. The van der Waals surface area contributed by atoms with Crippen LogP contribution in [0.25, 0.3) is 0 Å². The highest BCUT2D eigenvalue weighted by Crippen LogP contribution is 2.30. The lowest BCUT2D eigenvalue weighted by molar-refractivity contribution is -0.152. The van der Waals surface area contributed by atoms with E-state index in [-0.39, 0.29) is 36.6 Å². The van der Waals surface area contributed by atoms with Crippen LogP contribution in [0.1, 0.15) is 33.1 Å². The second-order valence-electron chi connectivity index (χ2n) is 6.25. The molecule has 0 aromatic rings.